The third-order valence-corrected chi connectivity index (χ3v) is 3.02. The van der Waals surface area contributed by atoms with Gasteiger partial charge in [0.1, 0.15) is 5.75 Å². The summed E-state index contributed by atoms with van der Waals surface area (Å²) in [6.45, 7) is 0. The molecular formula is C11H7N3O2S. The molecule has 0 radical (unpaired) electrons. The Hall–Kier alpha value is -2.21. The quantitative estimate of drug-likeness (QED) is 0.751. The maximum absolute atomic E-state index is 9.62. The van der Waals surface area contributed by atoms with Crippen molar-refractivity contribution in [3.05, 3.63) is 35.8 Å². The lowest BCUT2D eigenvalue weighted by molar-refractivity contribution is 0.423. The van der Waals surface area contributed by atoms with Crippen molar-refractivity contribution in [3.8, 4) is 28.0 Å². The topological polar surface area (TPSA) is 72.0 Å². The highest BCUT2D eigenvalue weighted by Gasteiger charge is 2.15. The smallest absolute Gasteiger partial charge is 0.280 e. The number of aromatic nitrogens is 3. The van der Waals surface area contributed by atoms with Crippen molar-refractivity contribution < 1.29 is 9.63 Å². The molecule has 0 spiro atoms. The van der Waals surface area contributed by atoms with Gasteiger partial charge in [0.25, 0.3) is 5.89 Å². The van der Waals surface area contributed by atoms with Crippen molar-refractivity contribution in [3.63, 3.8) is 0 Å². The number of hydrogen-bond acceptors (Lipinski definition) is 6. The van der Waals surface area contributed by atoms with Crippen molar-refractivity contribution in [2.24, 2.45) is 0 Å². The van der Waals surface area contributed by atoms with Crippen LogP contribution < -0.4 is 0 Å². The third kappa shape index (κ3) is 1.78. The maximum atomic E-state index is 9.62. The average Bonchev–Trinajstić information content (AvgIpc) is 3.00. The van der Waals surface area contributed by atoms with Crippen LogP contribution in [0.1, 0.15) is 0 Å². The highest BCUT2D eigenvalue weighted by atomic mass is 32.1. The molecule has 0 fully saturated rings. The van der Waals surface area contributed by atoms with E-state index >= 15 is 0 Å². The zero-order valence-electron chi connectivity index (χ0n) is 8.57. The monoisotopic (exact) mass is 245 g/mol. The zero-order valence-corrected chi connectivity index (χ0v) is 9.39. The first kappa shape index (κ1) is 9.98. The molecule has 3 aromatic heterocycles. The van der Waals surface area contributed by atoms with E-state index in [1.807, 2.05) is 17.5 Å². The minimum atomic E-state index is 0.0221. The van der Waals surface area contributed by atoms with Crippen LogP contribution in [0.2, 0.25) is 0 Å². The maximum Gasteiger partial charge on any atom is 0.280 e. The van der Waals surface area contributed by atoms with E-state index in [1.54, 1.807) is 12.3 Å². The van der Waals surface area contributed by atoms with Gasteiger partial charge < -0.3 is 9.63 Å². The Bertz CT molecular complexity index is 634. The fraction of sp³-hybridized carbons (Fsp3) is 0. The highest BCUT2D eigenvalue weighted by molar-refractivity contribution is 7.13. The average molecular weight is 245 g/mol. The molecule has 0 saturated carbocycles. The van der Waals surface area contributed by atoms with Crippen LogP contribution in [0.25, 0.3) is 22.3 Å². The normalized spacial score (nSPS) is 10.6. The van der Waals surface area contributed by atoms with Crippen LogP contribution >= 0.6 is 11.3 Å². The zero-order chi connectivity index (χ0) is 11.7. The van der Waals surface area contributed by atoms with Crippen molar-refractivity contribution in [1.82, 2.24) is 15.1 Å². The predicted molar refractivity (Wildman–Crippen MR) is 62.5 cm³/mol. The van der Waals surface area contributed by atoms with Gasteiger partial charge in [0.2, 0.25) is 5.82 Å². The summed E-state index contributed by atoms with van der Waals surface area (Å²) in [6.07, 6.45) is 1.56. The molecule has 0 aliphatic heterocycles. The minimum absolute atomic E-state index is 0.0221. The minimum Gasteiger partial charge on any atom is -0.505 e. The number of hydrogen-bond donors (Lipinski definition) is 1. The number of nitrogens with zero attached hydrogens (tertiary/aromatic N) is 3. The van der Waals surface area contributed by atoms with Crippen LogP contribution in [0.4, 0.5) is 0 Å². The molecule has 3 rings (SSSR count). The Kier molecular flexibility index (Phi) is 2.34. The van der Waals surface area contributed by atoms with Crippen LogP contribution in [0.5, 0.6) is 5.75 Å². The molecule has 3 heterocycles. The SMILES string of the molecule is Oc1cccnc1-c1nc(-c2cccs2)no1. The van der Waals surface area contributed by atoms with Crippen LogP contribution in [0.3, 0.4) is 0 Å². The molecule has 0 unspecified atom stereocenters. The first-order valence-electron chi connectivity index (χ1n) is 4.86. The number of rotatable bonds is 2. The van der Waals surface area contributed by atoms with Gasteiger partial charge >= 0.3 is 0 Å². The van der Waals surface area contributed by atoms with Crippen LogP contribution in [-0.4, -0.2) is 20.2 Å². The van der Waals surface area contributed by atoms with Gasteiger partial charge in [0.15, 0.2) is 5.69 Å². The lowest BCUT2D eigenvalue weighted by atomic mass is 10.3. The van der Waals surface area contributed by atoms with Crippen molar-refractivity contribution in [2.45, 2.75) is 0 Å². The first-order chi connectivity index (χ1) is 8.34. The third-order valence-electron chi connectivity index (χ3n) is 2.16. The van der Waals surface area contributed by atoms with Gasteiger partial charge in [-0.1, -0.05) is 11.2 Å². The van der Waals surface area contributed by atoms with Gasteiger partial charge in [-0.15, -0.1) is 11.3 Å². The molecule has 3 aromatic rings. The molecular weight excluding hydrogens is 238 g/mol. The standard InChI is InChI=1S/C11H7N3O2S/c15-7-3-1-5-12-9(7)11-13-10(14-16-11)8-4-2-6-17-8/h1-6,15H. The van der Waals surface area contributed by atoms with Gasteiger partial charge in [0, 0.05) is 6.20 Å². The van der Waals surface area contributed by atoms with E-state index in [4.69, 9.17) is 4.52 Å². The van der Waals surface area contributed by atoms with Gasteiger partial charge in [0.05, 0.1) is 4.88 Å². The fourth-order valence-corrected chi connectivity index (χ4v) is 2.04. The van der Waals surface area contributed by atoms with E-state index in [-0.39, 0.29) is 11.6 Å². The Balaban J connectivity index is 2.04. The molecule has 0 atom stereocenters. The summed E-state index contributed by atoms with van der Waals surface area (Å²) in [5.74, 6) is 0.737. The summed E-state index contributed by atoms with van der Waals surface area (Å²) in [5.41, 5.74) is 0.294. The van der Waals surface area contributed by atoms with Crippen LogP contribution in [-0.2, 0) is 0 Å². The van der Waals surface area contributed by atoms with Gasteiger partial charge in [-0.05, 0) is 23.6 Å². The molecule has 0 amide bonds. The van der Waals surface area contributed by atoms with E-state index in [9.17, 15) is 5.11 Å². The molecule has 84 valence electrons. The van der Waals surface area contributed by atoms with Crippen LogP contribution in [0.15, 0.2) is 40.4 Å². The lowest BCUT2D eigenvalue weighted by Crippen LogP contribution is -1.83. The number of thiophene rings is 1. The van der Waals surface area contributed by atoms with E-state index in [0.717, 1.165) is 4.88 Å². The second-order valence-electron chi connectivity index (χ2n) is 3.27. The van der Waals surface area contributed by atoms with E-state index in [0.29, 0.717) is 11.5 Å². The highest BCUT2D eigenvalue weighted by Crippen LogP contribution is 2.28. The summed E-state index contributed by atoms with van der Waals surface area (Å²) in [4.78, 5) is 9.11. The number of pyridine rings is 1. The van der Waals surface area contributed by atoms with Gasteiger partial charge in [-0.2, -0.15) is 4.98 Å². The molecule has 0 aromatic carbocycles. The molecule has 5 nitrogen and oxygen atoms in total. The van der Waals surface area contributed by atoms with Gasteiger partial charge in [-0.3, -0.25) is 0 Å². The van der Waals surface area contributed by atoms with E-state index in [2.05, 4.69) is 15.1 Å². The Morgan fingerprint density at radius 3 is 2.94 bits per heavy atom. The lowest BCUT2D eigenvalue weighted by Gasteiger charge is -1.95. The Labute approximate surface area is 100 Å². The Morgan fingerprint density at radius 2 is 2.18 bits per heavy atom. The predicted octanol–water partition coefficient (Wildman–Crippen LogP) is 2.57. The largest absolute Gasteiger partial charge is 0.505 e. The molecule has 6 heteroatoms. The second kappa shape index (κ2) is 3.99. The molecule has 0 aliphatic rings. The second-order valence-corrected chi connectivity index (χ2v) is 4.22. The fourth-order valence-electron chi connectivity index (χ4n) is 1.39. The van der Waals surface area contributed by atoms with Crippen molar-refractivity contribution in [1.29, 1.82) is 0 Å². The van der Waals surface area contributed by atoms with Crippen molar-refractivity contribution in [2.75, 3.05) is 0 Å². The molecule has 1 N–H and O–H groups in total. The van der Waals surface area contributed by atoms with E-state index in [1.165, 1.54) is 17.4 Å². The van der Waals surface area contributed by atoms with Crippen molar-refractivity contribution >= 4 is 11.3 Å². The summed E-state index contributed by atoms with van der Waals surface area (Å²) in [7, 11) is 0. The molecule has 17 heavy (non-hydrogen) atoms. The Morgan fingerprint density at radius 1 is 1.24 bits per heavy atom. The summed E-state index contributed by atoms with van der Waals surface area (Å²) >= 11 is 1.52. The van der Waals surface area contributed by atoms with Gasteiger partial charge in [-0.25, -0.2) is 4.98 Å². The number of aromatic hydroxyl groups is 1. The summed E-state index contributed by atoms with van der Waals surface area (Å²) in [6, 6.07) is 6.97. The van der Waals surface area contributed by atoms with Crippen LogP contribution in [0, 0.1) is 0 Å². The molecule has 0 saturated heterocycles. The molecule has 0 bridgehead atoms. The summed E-state index contributed by atoms with van der Waals surface area (Å²) < 4.78 is 5.08. The summed E-state index contributed by atoms with van der Waals surface area (Å²) in [5, 5.41) is 15.4. The first-order valence-corrected chi connectivity index (χ1v) is 5.74. The van der Waals surface area contributed by atoms with E-state index < -0.39 is 0 Å². The molecule has 0 aliphatic carbocycles.